The molecular weight excluding hydrogens is 374 g/mol. The number of rotatable bonds is 4. The molecule has 0 fully saturated rings. The number of aromatic carboxylic acids is 1. The molecule has 128 valence electrons. The molecule has 1 heterocycles. The van der Waals surface area contributed by atoms with E-state index in [0.29, 0.717) is 5.69 Å². The number of hydrogen-bond acceptors (Lipinski definition) is 3. The van der Waals surface area contributed by atoms with E-state index in [2.05, 4.69) is 26.3 Å². The van der Waals surface area contributed by atoms with Crippen LogP contribution in [0.3, 0.4) is 0 Å². The minimum Gasteiger partial charge on any atom is -0.476 e. The third-order valence-corrected chi connectivity index (χ3v) is 3.87. The Morgan fingerprint density at radius 1 is 1.25 bits per heavy atom. The summed E-state index contributed by atoms with van der Waals surface area (Å²) in [7, 11) is 0. The zero-order valence-corrected chi connectivity index (χ0v) is 15.6. The van der Waals surface area contributed by atoms with Crippen LogP contribution in [0.15, 0.2) is 34.8 Å². The number of halogens is 1. The van der Waals surface area contributed by atoms with Gasteiger partial charge < -0.3 is 10.4 Å². The minimum absolute atomic E-state index is 0.0941. The minimum atomic E-state index is -1.13. The SMILES string of the molecule is CC(C(=O)NC(C)(C)C)n1nc(C(=O)O)cc1-c1ccc(Br)cc1. The lowest BCUT2D eigenvalue weighted by atomic mass is 10.1. The summed E-state index contributed by atoms with van der Waals surface area (Å²) in [5.41, 5.74) is 0.889. The number of nitrogens with zero attached hydrogens (tertiary/aromatic N) is 2. The van der Waals surface area contributed by atoms with Crippen LogP contribution in [-0.4, -0.2) is 32.3 Å². The van der Waals surface area contributed by atoms with E-state index in [1.54, 1.807) is 6.92 Å². The molecule has 2 N–H and O–H groups in total. The predicted molar refractivity (Wildman–Crippen MR) is 94.9 cm³/mol. The number of carbonyl (C=O) groups is 2. The molecule has 0 aliphatic heterocycles. The number of hydrogen-bond donors (Lipinski definition) is 2. The van der Waals surface area contributed by atoms with Crippen LogP contribution < -0.4 is 5.32 Å². The van der Waals surface area contributed by atoms with E-state index < -0.39 is 12.0 Å². The van der Waals surface area contributed by atoms with Gasteiger partial charge in [0, 0.05) is 10.0 Å². The standard InChI is InChI=1S/C17H20BrN3O3/c1-10(15(22)19-17(2,3)4)21-14(9-13(20-21)16(23)24)11-5-7-12(18)8-6-11/h5-10H,1-4H3,(H,19,22)(H,23,24). The molecule has 1 unspecified atom stereocenters. The highest BCUT2D eigenvalue weighted by atomic mass is 79.9. The zero-order valence-electron chi connectivity index (χ0n) is 14.0. The first kappa shape index (κ1) is 18.2. The van der Waals surface area contributed by atoms with Crippen molar-refractivity contribution in [1.29, 1.82) is 0 Å². The highest BCUT2D eigenvalue weighted by molar-refractivity contribution is 9.10. The van der Waals surface area contributed by atoms with Gasteiger partial charge in [0.15, 0.2) is 5.69 Å². The van der Waals surface area contributed by atoms with Gasteiger partial charge in [-0.25, -0.2) is 4.79 Å². The van der Waals surface area contributed by atoms with E-state index >= 15 is 0 Å². The Kier molecular flexibility index (Phi) is 5.13. The Bertz CT molecular complexity index is 760. The Morgan fingerprint density at radius 2 is 1.83 bits per heavy atom. The molecule has 1 aromatic heterocycles. The lowest BCUT2D eigenvalue weighted by Gasteiger charge is -2.24. The lowest BCUT2D eigenvalue weighted by molar-refractivity contribution is -0.125. The van der Waals surface area contributed by atoms with E-state index in [0.717, 1.165) is 10.0 Å². The van der Waals surface area contributed by atoms with Gasteiger partial charge in [0.1, 0.15) is 6.04 Å². The molecule has 0 aliphatic carbocycles. The van der Waals surface area contributed by atoms with Gasteiger partial charge in [-0.1, -0.05) is 28.1 Å². The highest BCUT2D eigenvalue weighted by Gasteiger charge is 2.25. The van der Waals surface area contributed by atoms with Gasteiger partial charge in [-0.05, 0) is 51.5 Å². The molecule has 2 aromatic rings. The molecule has 0 saturated carbocycles. The quantitative estimate of drug-likeness (QED) is 0.832. The second kappa shape index (κ2) is 6.76. The van der Waals surface area contributed by atoms with Crippen molar-refractivity contribution in [3.8, 4) is 11.3 Å². The Morgan fingerprint density at radius 3 is 2.33 bits per heavy atom. The number of benzene rings is 1. The van der Waals surface area contributed by atoms with Crippen molar-refractivity contribution < 1.29 is 14.7 Å². The van der Waals surface area contributed by atoms with E-state index in [1.807, 2.05) is 45.0 Å². The molecule has 2 rings (SSSR count). The summed E-state index contributed by atoms with van der Waals surface area (Å²) < 4.78 is 2.36. The third-order valence-electron chi connectivity index (χ3n) is 3.34. The highest BCUT2D eigenvalue weighted by Crippen LogP contribution is 2.26. The second-order valence-electron chi connectivity index (χ2n) is 6.59. The predicted octanol–water partition coefficient (Wildman–Crippen LogP) is 3.49. The van der Waals surface area contributed by atoms with E-state index in [-0.39, 0.29) is 17.1 Å². The molecule has 0 saturated heterocycles. The van der Waals surface area contributed by atoms with Crippen molar-refractivity contribution in [2.75, 3.05) is 0 Å². The molecule has 0 spiro atoms. The Balaban J connectivity index is 2.46. The van der Waals surface area contributed by atoms with Gasteiger partial charge in [0.25, 0.3) is 0 Å². The zero-order chi connectivity index (χ0) is 18.1. The average Bonchev–Trinajstić information content (AvgIpc) is 2.90. The number of amides is 1. The molecule has 1 atom stereocenters. The van der Waals surface area contributed by atoms with Crippen molar-refractivity contribution in [3.05, 3.63) is 40.5 Å². The van der Waals surface area contributed by atoms with Crippen LogP contribution in [0.25, 0.3) is 11.3 Å². The monoisotopic (exact) mass is 393 g/mol. The number of carboxylic acid groups (broad SMARTS) is 1. The fourth-order valence-corrected chi connectivity index (χ4v) is 2.48. The number of nitrogens with one attached hydrogen (secondary N) is 1. The molecule has 6 nitrogen and oxygen atoms in total. The van der Waals surface area contributed by atoms with Crippen molar-refractivity contribution >= 4 is 27.8 Å². The molecule has 0 aliphatic rings. The summed E-state index contributed by atoms with van der Waals surface area (Å²) in [6.07, 6.45) is 0. The fraction of sp³-hybridized carbons (Fsp3) is 0.353. The van der Waals surface area contributed by atoms with E-state index in [1.165, 1.54) is 10.7 Å². The summed E-state index contributed by atoms with van der Waals surface area (Å²) in [6, 6.07) is 8.23. The van der Waals surface area contributed by atoms with Crippen LogP contribution in [0.4, 0.5) is 0 Å². The first-order valence-electron chi connectivity index (χ1n) is 7.49. The van der Waals surface area contributed by atoms with Gasteiger partial charge in [0.05, 0.1) is 5.69 Å². The number of carbonyl (C=O) groups excluding carboxylic acids is 1. The van der Waals surface area contributed by atoms with Gasteiger partial charge in [-0.3, -0.25) is 9.48 Å². The van der Waals surface area contributed by atoms with Crippen molar-refractivity contribution in [3.63, 3.8) is 0 Å². The van der Waals surface area contributed by atoms with Crippen LogP contribution in [0.5, 0.6) is 0 Å². The van der Waals surface area contributed by atoms with Crippen LogP contribution >= 0.6 is 15.9 Å². The van der Waals surface area contributed by atoms with Gasteiger partial charge in [0.2, 0.25) is 5.91 Å². The van der Waals surface area contributed by atoms with Crippen LogP contribution in [0.2, 0.25) is 0 Å². The van der Waals surface area contributed by atoms with Crippen molar-refractivity contribution in [1.82, 2.24) is 15.1 Å². The first-order chi connectivity index (χ1) is 11.1. The third kappa shape index (κ3) is 4.23. The summed E-state index contributed by atoms with van der Waals surface area (Å²) in [5.74, 6) is -1.35. The topological polar surface area (TPSA) is 84.2 Å². The van der Waals surface area contributed by atoms with Gasteiger partial charge >= 0.3 is 5.97 Å². The molecule has 1 aromatic carbocycles. The second-order valence-corrected chi connectivity index (χ2v) is 7.50. The molecule has 0 bridgehead atoms. The first-order valence-corrected chi connectivity index (χ1v) is 8.28. The van der Waals surface area contributed by atoms with Crippen LogP contribution in [-0.2, 0) is 4.79 Å². The summed E-state index contributed by atoms with van der Waals surface area (Å²) in [5, 5.41) is 16.2. The Labute approximate surface area is 149 Å². The molecular formula is C17H20BrN3O3. The molecule has 7 heteroatoms. The number of aromatic nitrogens is 2. The van der Waals surface area contributed by atoms with Gasteiger partial charge in [-0.2, -0.15) is 5.10 Å². The maximum atomic E-state index is 12.4. The summed E-state index contributed by atoms with van der Waals surface area (Å²) in [4.78, 5) is 23.7. The molecule has 1 amide bonds. The average molecular weight is 394 g/mol. The normalized spacial score (nSPS) is 12.7. The van der Waals surface area contributed by atoms with E-state index in [4.69, 9.17) is 0 Å². The fourth-order valence-electron chi connectivity index (χ4n) is 2.22. The van der Waals surface area contributed by atoms with E-state index in [9.17, 15) is 14.7 Å². The summed E-state index contributed by atoms with van der Waals surface area (Å²) >= 11 is 3.37. The van der Waals surface area contributed by atoms with Crippen molar-refractivity contribution in [2.24, 2.45) is 0 Å². The largest absolute Gasteiger partial charge is 0.476 e. The molecule has 24 heavy (non-hydrogen) atoms. The van der Waals surface area contributed by atoms with Crippen molar-refractivity contribution in [2.45, 2.75) is 39.3 Å². The Hall–Kier alpha value is -2.15. The summed E-state index contributed by atoms with van der Waals surface area (Å²) in [6.45, 7) is 7.36. The van der Waals surface area contributed by atoms with Crippen LogP contribution in [0, 0.1) is 0 Å². The number of carboxylic acids is 1. The lowest BCUT2D eigenvalue weighted by Crippen LogP contribution is -2.44. The van der Waals surface area contributed by atoms with Gasteiger partial charge in [-0.15, -0.1) is 0 Å². The smallest absolute Gasteiger partial charge is 0.356 e. The maximum Gasteiger partial charge on any atom is 0.356 e. The maximum absolute atomic E-state index is 12.4. The van der Waals surface area contributed by atoms with Crippen LogP contribution in [0.1, 0.15) is 44.2 Å². The molecule has 0 radical (unpaired) electrons.